The SMILES string of the molecule is CNCC(Cc1cccc(Br)c1)Cc1cnn(C)c1. The van der Waals surface area contributed by atoms with Crippen LogP contribution in [0.3, 0.4) is 0 Å². The minimum absolute atomic E-state index is 0.587. The molecule has 0 saturated carbocycles. The second-order valence-electron chi connectivity index (χ2n) is 4.98. The Morgan fingerprint density at radius 1 is 1.32 bits per heavy atom. The molecule has 1 atom stereocenters. The molecule has 0 spiro atoms. The van der Waals surface area contributed by atoms with Crippen LogP contribution in [0.25, 0.3) is 0 Å². The lowest BCUT2D eigenvalue weighted by molar-refractivity contribution is 0.493. The van der Waals surface area contributed by atoms with Gasteiger partial charge in [-0.15, -0.1) is 0 Å². The van der Waals surface area contributed by atoms with Gasteiger partial charge in [-0.25, -0.2) is 0 Å². The minimum Gasteiger partial charge on any atom is -0.319 e. The maximum atomic E-state index is 4.24. The van der Waals surface area contributed by atoms with Crippen LogP contribution in [0.4, 0.5) is 0 Å². The van der Waals surface area contributed by atoms with E-state index in [0.717, 1.165) is 23.9 Å². The van der Waals surface area contributed by atoms with E-state index in [1.54, 1.807) is 0 Å². The predicted molar refractivity (Wildman–Crippen MR) is 82.2 cm³/mol. The van der Waals surface area contributed by atoms with Gasteiger partial charge in [0, 0.05) is 17.7 Å². The number of aryl methyl sites for hydroxylation is 1. The summed E-state index contributed by atoms with van der Waals surface area (Å²) in [7, 11) is 3.97. The zero-order valence-electron chi connectivity index (χ0n) is 11.4. The van der Waals surface area contributed by atoms with Crippen molar-refractivity contribution in [2.75, 3.05) is 13.6 Å². The zero-order valence-corrected chi connectivity index (χ0v) is 13.0. The number of hydrogen-bond acceptors (Lipinski definition) is 2. The van der Waals surface area contributed by atoms with Gasteiger partial charge in [0.2, 0.25) is 0 Å². The lowest BCUT2D eigenvalue weighted by Crippen LogP contribution is -2.22. The normalized spacial score (nSPS) is 12.6. The molecule has 0 radical (unpaired) electrons. The summed E-state index contributed by atoms with van der Waals surface area (Å²) in [5.74, 6) is 0.587. The second-order valence-corrected chi connectivity index (χ2v) is 5.90. The van der Waals surface area contributed by atoms with E-state index in [4.69, 9.17) is 0 Å². The van der Waals surface area contributed by atoms with Gasteiger partial charge in [-0.1, -0.05) is 28.1 Å². The van der Waals surface area contributed by atoms with Crippen molar-refractivity contribution in [3.8, 4) is 0 Å². The number of hydrogen-bond donors (Lipinski definition) is 1. The first kappa shape index (κ1) is 14.3. The highest BCUT2D eigenvalue weighted by Crippen LogP contribution is 2.17. The van der Waals surface area contributed by atoms with Gasteiger partial charge in [-0.3, -0.25) is 4.68 Å². The molecule has 1 aromatic carbocycles. The molecule has 2 aromatic rings. The van der Waals surface area contributed by atoms with Crippen molar-refractivity contribution in [1.82, 2.24) is 15.1 Å². The van der Waals surface area contributed by atoms with E-state index >= 15 is 0 Å². The molecular weight excluding hydrogens is 302 g/mol. The average molecular weight is 322 g/mol. The number of aromatic nitrogens is 2. The molecule has 102 valence electrons. The van der Waals surface area contributed by atoms with Gasteiger partial charge >= 0.3 is 0 Å². The monoisotopic (exact) mass is 321 g/mol. The van der Waals surface area contributed by atoms with Crippen molar-refractivity contribution < 1.29 is 0 Å². The summed E-state index contributed by atoms with van der Waals surface area (Å²) in [5.41, 5.74) is 2.68. The molecule has 1 aromatic heterocycles. The molecule has 1 N–H and O–H groups in total. The molecular formula is C15H20BrN3. The standard InChI is InChI=1S/C15H20BrN3/c1-17-9-13(7-14-10-18-19(2)11-14)6-12-4-3-5-15(16)8-12/h3-5,8,10-11,13,17H,6-7,9H2,1-2H3. The van der Waals surface area contributed by atoms with Gasteiger partial charge in [0.1, 0.15) is 0 Å². The van der Waals surface area contributed by atoms with E-state index in [0.29, 0.717) is 5.92 Å². The third kappa shape index (κ3) is 4.48. The summed E-state index contributed by atoms with van der Waals surface area (Å²) < 4.78 is 3.01. The molecule has 0 aliphatic heterocycles. The quantitative estimate of drug-likeness (QED) is 0.886. The fourth-order valence-corrected chi connectivity index (χ4v) is 2.86. The molecule has 19 heavy (non-hydrogen) atoms. The lowest BCUT2D eigenvalue weighted by Gasteiger charge is -2.16. The van der Waals surface area contributed by atoms with Gasteiger partial charge in [0.15, 0.2) is 0 Å². The first-order valence-corrected chi connectivity index (χ1v) is 7.33. The van der Waals surface area contributed by atoms with Gasteiger partial charge < -0.3 is 5.32 Å². The second kappa shape index (κ2) is 6.87. The van der Waals surface area contributed by atoms with Crippen molar-refractivity contribution >= 4 is 15.9 Å². The highest BCUT2D eigenvalue weighted by atomic mass is 79.9. The zero-order chi connectivity index (χ0) is 13.7. The van der Waals surface area contributed by atoms with Crippen LogP contribution in [0.15, 0.2) is 41.1 Å². The maximum absolute atomic E-state index is 4.24. The smallest absolute Gasteiger partial charge is 0.0521 e. The van der Waals surface area contributed by atoms with Crippen LogP contribution in [0.5, 0.6) is 0 Å². The third-order valence-electron chi connectivity index (χ3n) is 3.19. The highest BCUT2D eigenvalue weighted by molar-refractivity contribution is 9.10. The van der Waals surface area contributed by atoms with Crippen LogP contribution >= 0.6 is 15.9 Å². The first-order valence-electron chi connectivity index (χ1n) is 6.54. The lowest BCUT2D eigenvalue weighted by atomic mass is 9.94. The summed E-state index contributed by atoms with van der Waals surface area (Å²) in [4.78, 5) is 0. The van der Waals surface area contributed by atoms with Gasteiger partial charge in [0.05, 0.1) is 6.20 Å². The van der Waals surface area contributed by atoms with Crippen molar-refractivity contribution in [2.45, 2.75) is 12.8 Å². The average Bonchev–Trinajstić information content (AvgIpc) is 2.75. The molecule has 0 fully saturated rings. The Morgan fingerprint density at radius 3 is 2.74 bits per heavy atom. The molecule has 1 heterocycles. The molecule has 3 nitrogen and oxygen atoms in total. The highest BCUT2D eigenvalue weighted by Gasteiger charge is 2.11. The Balaban J connectivity index is 2.03. The third-order valence-corrected chi connectivity index (χ3v) is 3.68. The van der Waals surface area contributed by atoms with E-state index in [1.807, 2.05) is 25.0 Å². The topological polar surface area (TPSA) is 29.9 Å². The number of halogens is 1. The Labute approximate surface area is 123 Å². The Morgan fingerprint density at radius 2 is 2.11 bits per heavy atom. The van der Waals surface area contributed by atoms with E-state index in [-0.39, 0.29) is 0 Å². The van der Waals surface area contributed by atoms with Gasteiger partial charge in [-0.05, 0) is 55.6 Å². The molecule has 4 heteroatoms. The Bertz CT molecular complexity index is 522. The van der Waals surface area contributed by atoms with Crippen molar-refractivity contribution in [1.29, 1.82) is 0 Å². The van der Waals surface area contributed by atoms with Crippen LogP contribution in [0.1, 0.15) is 11.1 Å². The molecule has 0 aliphatic carbocycles. The number of rotatable bonds is 6. The van der Waals surface area contributed by atoms with Crippen LogP contribution in [-0.2, 0) is 19.9 Å². The van der Waals surface area contributed by atoms with E-state index in [9.17, 15) is 0 Å². The summed E-state index contributed by atoms with van der Waals surface area (Å²) in [6.45, 7) is 1.02. The van der Waals surface area contributed by atoms with Crippen molar-refractivity contribution in [2.24, 2.45) is 13.0 Å². The molecule has 1 unspecified atom stereocenters. The maximum Gasteiger partial charge on any atom is 0.0521 e. The van der Waals surface area contributed by atoms with E-state index < -0.39 is 0 Å². The molecule has 0 aliphatic rings. The molecule has 0 saturated heterocycles. The predicted octanol–water partition coefficient (Wildman–Crippen LogP) is 2.80. The first-order chi connectivity index (χ1) is 9.17. The van der Waals surface area contributed by atoms with E-state index in [2.05, 4.69) is 56.8 Å². The van der Waals surface area contributed by atoms with Crippen LogP contribution in [-0.4, -0.2) is 23.4 Å². The molecule has 0 bridgehead atoms. The van der Waals surface area contributed by atoms with Crippen molar-refractivity contribution in [3.63, 3.8) is 0 Å². The van der Waals surface area contributed by atoms with Gasteiger partial charge in [0.25, 0.3) is 0 Å². The number of benzene rings is 1. The van der Waals surface area contributed by atoms with Crippen LogP contribution in [0, 0.1) is 5.92 Å². The Hall–Kier alpha value is -1.13. The van der Waals surface area contributed by atoms with Crippen molar-refractivity contribution in [3.05, 3.63) is 52.3 Å². The summed E-state index contributed by atoms with van der Waals surface area (Å²) in [5, 5.41) is 7.53. The summed E-state index contributed by atoms with van der Waals surface area (Å²) >= 11 is 3.53. The molecule has 2 rings (SSSR count). The van der Waals surface area contributed by atoms with Crippen LogP contribution < -0.4 is 5.32 Å². The summed E-state index contributed by atoms with van der Waals surface area (Å²) in [6.07, 6.45) is 6.20. The van der Waals surface area contributed by atoms with Crippen LogP contribution in [0.2, 0.25) is 0 Å². The Kier molecular flexibility index (Phi) is 5.16. The minimum atomic E-state index is 0.587. The fraction of sp³-hybridized carbons (Fsp3) is 0.400. The van der Waals surface area contributed by atoms with E-state index in [1.165, 1.54) is 11.1 Å². The number of nitrogens with zero attached hydrogens (tertiary/aromatic N) is 2. The fourth-order valence-electron chi connectivity index (χ4n) is 2.41. The van der Waals surface area contributed by atoms with Gasteiger partial charge in [-0.2, -0.15) is 5.10 Å². The summed E-state index contributed by atoms with van der Waals surface area (Å²) in [6, 6.07) is 8.56. The largest absolute Gasteiger partial charge is 0.319 e. The number of nitrogens with one attached hydrogen (secondary N) is 1. The molecule has 0 amide bonds.